The Hall–Kier alpha value is 0.0249. The lowest BCUT2D eigenvalue weighted by Crippen LogP contribution is -2.38. The topological polar surface area (TPSA) is 0 Å². The fraction of sp³-hybridized carbons (Fsp3) is 1.00. The molecule has 0 spiro atoms. The molecule has 0 heterocycles. The third kappa shape index (κ3) is 4.19. The number of hydrogen-bond donors (Lipinski definition) is 0. The van der Waals surface area contributed by atoms with E-state index in [2.05, 4.69) is 27.9 Å². The van der Waals surface area contributed by atoms with Gasteiger partial charge in [0.05, 0.1) is 27.2 Å². The first-order valence-corrected chi connectivity index (χ1v) is 2.94. The standard InChI is InChI=1S/C6H16N.B/c1-5-7(3,4)6-2;/h5-6H2,1-4H3;/q+1;. The molecule has 0 aliphatic carbocycles. The highest BCUT2D eigenvalue weighted by Gasteiger charge is 2.04. The SMILES string of the molecule is CC[N+](C)(C)CC.[B]. The Kier molecular flexibility index (Phi) is 5.40. The molecule has 0 fully saturated rings. The minimum atomic E-state index is 0. The fourth-order valence-corrected chi connectivity index (χ4v) is 0.224. The Morgan fingerprint density at radius 1 is 1.00 bits per heavy atom. The lowest BCUT2D eigenvalue weighted by molar-refractivity contribution is -0.886. The van der Waals surface area contributed by atoms with Crippen molar-refractivity contribution in [3.8, 4) is 0 Å². The zero-order valence-corrected chi connectivity index (χ0v) is 6.44. The van der Waals surface area contributed by atoms with Gasteiger partial charge in [-0.15, -0.1) is 0 Å². The normalized spacial score (nSPS) is 10.5. The molecule has 0 saturated heterocycles. The highest BCUT2D eigenvalue weighted by atomic mass is 15.3. The van der Waals surface area contributed by atoms with Gasteiger partial charge in [-0.25, -0.2) is 0 Å². The first-order chi connectivity index (χ1) is 3.12. The quantitative estimate of drug-likeness (QED) is 0.365. The molecule has 0 unspecified atom stereocenters. The van der Waals surface area contributed by atoms with Crippen molar-refractivity contribution in [1.29, 1.82) is 0 Å². The average Bonchev–Trinajstić information content (AvgIpc) is 1.68. The highest BCUT2D eigenvalue weighted by molar-refractivity contribution is 5.75. The zero-order chi connectivity index (χ0) is 5.91. The van der Waals surface area contributed by atoms with Gasteiger partial charge in [0, 0.05) is 8.41 Å². The van der Waals surface area contributed by atoms with E-state index in [1.807, 2.05) is 0 Å². The van der Waals surface area contributed by atoms with Crippen molar-refractivity contribution in [2.24, 2.45) is 0 Å². The van der Waals surface area contributed by atoms with E-state index in [1.165, 1.54) is 13.1 Å². The Labute approximate surface area is 54.9 Å². The molecule has 0 bridgehead atoms. The van der Waals surface area contributed by atoms with E-state index in [9.17, 15) is 0 Å². The van der Waals surface area contributed by atoms with Crippen LogP contribution in [0.1, 0.15) is 13.8 Å². The van der Waals surface area contributed by atoms with Crippen LogP contribution in [0.4, 0.5) is 0 Å². The second-order valence-electron chi connectivity index (χ2n) is 2.57. The zero-order valence-electron chi connectivity index (χ0n) is 6.44. The van der Waals surface area contributed by atoms with Crippen molar-refractivity contribution < 1.29 is 4.48 Å². The summed E-state index contributed by atoms with van der Waals surface area (Å²) >= 11 is 0. The summed E-state index contributed by atoms with van der Waals surface area (Å²) in [4.78, 5) is 0. The van der Waals surface area contributed by atoms with Gasteiger partial charge in [-0.3, -0.25) is 0 Å². The van der Waals surface area contributed by atoms with Gasteiger partial charge in [0.1, 0.15) is 0 Å². The summed E-state index contributed by atoms with van der Waals surface area (Å²) < 4.78 is 1.14. The molecular weight excluding hydrogens is 96.9 g/mol. The van der Waals surface area contributed by atoms with Crippen LogP contribution in [0.5, 0.6) is 0 Å². The lowest BCUT2D eigenvalue weighted by atomic mass is 10.5. The highest BCUT2D eigenvalue weighted by Crippen LogP contribution is 1.91. The molecule has 3 radical (unpaired) electrons. The summed E-state index contributed by atoms with van der Waals surface area (Å²) in [5.74, 6) is 0. The first-order valence-electron chi connectivity index (χ1n) is 2.94. The van der Waals surface area contributed by atoms with Gasteiger partial charge in [0.25, 0.3) is 0 Å². The van der Waals surface area contributed by atoms with Crippen molar-refractivity contribution in [3.05, 3.63) is 0 Å². The van der Waals surface area contributed by atoms with Crippen LogP contribution >= 0.6 is 0 Å². The molecule has 0 amide bonds. The van der Waals surface area contributed by atoms with Gasteiger partial charge in [0.15, 0.2) is 0 Å². The second-order valence-corrected chi connectivity index (χ2v) is 2.57. The van der Waals surface area contributed by atoms with Gasteiger partial charge in [-0.1, -0.05) is 0 Å². The maximum atomic E-state index is 2.24. The van der Waals surface area contributed by atoms with E-state index in [0.29, 0.717) is 0 Å². The predicted octanol–water partition coefficient (Wildman–Crippen LogP) is 0.722. The van der Waals surface area contributed by atoms with E-state index in [1.54, 1.807) is 0 Å². The molecule has 8 heavy (non-hydrogen) atoms. The van der Waals surface area contributed by atoms with Crippen LogP contribution in [0.2, 0.25) is 0 Å². The molecule has 0 aromatic carbocycles. The van der Waals surface area contributed by atoms with Gasteiger partial charge < -0.3 is 4.48 Å². The van der Waals surface area contributed by atoms with E-state index in [4.69, 9.17) is 0 Å². The smallest absolute Gasteiger partial charge is 0.0753 e. The van der Waals surface area contributed by atoms with Gasteiger partial charge in [0.2, 0.25) is 0 Å². The van der Waals surface area contributed by atoms with Crippen LogP contribution in [0.15, 0.2) is 0 Å². The van der Waals surface area contributed by atoms with Crippen molar-refractivity contribution >= 4 is 8.41 Å². The minimum Gasteiger partial charge on any atom is -0.329 e. The van der Waals surface area contributed by atoms with E-state index < -0.39 is 0 Å². The first kappa shape index (κ1) is 10.9. The van der Waals surface area contributed by atoms with Crippen LogP contribution in [0, 0.1) is 0 Å². The Bertz CT molecular complexity index is 46.5. The van der Waals surface area contributed by atoms with Crippen LogP contribution in [-0.2, 0) is 0 Å². The third-order valence-corrected chi connectivity index (χ3v) is 1.71. The van der Waals surface area contributed by atoms with E-state index in [0.717, 1.165) is 4.48 Å². The molecular formula is C6H16BN+. The Morgan fingerprint density at radius 2 is 1.25 bits per heavy atom. The average molecular weight is 113 g/mol. The lowest BCUT2D eigenvalue weighted by Gasteiger charge is -2.25. The number of nitrogens with zero attached hydrogens (tertiary/aromatic N) is 1. The molecule has 1 nitrogen and oxygen atoms in total. The van der Waals surface area contributed by atoms with Gasteiger partial charge in [-0.2, -0.15) is 0 Å². The summed E-state index contributed by atoms with van der Waals surface area (Å²) in [5, 5.41) is 0. The van der Waals surface area contributed by atoms with E-state index >= 15 is 0 Å². The maximum Gasteiger partial charge on any atom is 0.0753 e. The van der Waals surface area contributed by atoms with Crippen molar-refractivity contribution in [2.75, 3.05) is 27.2 Å². The molecule has 0 N–H and O–H groups in total. The summed E-state index contributed by atoms with van der Waals surface area (Å²) in [6, 6.07) is 0. The van der Waals surface area contributed by atoms with Crippen LogP contribution in [0.3, 0.4) is 0 Å². The third-order valence-electron chi connectivity index (χ3n) is 1.71. The Balaban J connectivity index is 0. The van der Waals surface area contributed by atoms with Crippen molar-refractivity contribution in [1.82, 2.24) is 0 Å². The predicted molar refractivity (Wildman–Crippen MR) is 38.9 cm³/mol. The summed E-state index contributed by atoms with van der Waals surface area (Å²) in [6.07, 6.45) is 0. The fourth-order valence-electron chi connectivity index (χ4n) is 0.224. The molecule has 0 aromatic rings. The van der Waals surface area contributed by atoms with Crippen molar-refractivity contribution in [3.63, 3.8) is 0 Å². The molecule has 0 rings (SSSR count). The minimum absolute atomic E-state index is 0. The van der Waals surface area contributed by atoms with Crippen LogP contribution in [0.25, 0.3) is 0 Å². The molecule has 0 aliphatic heterocycles. The number of hydrogen-bond acceptors (Lipinski definition) is 0. The molecule has 0 aliphatic rings. The number of rotatable bonds is 2. The summed E-state index contributed by atoms with van der Waals surface area (Å²) in [5.41, 5.74) is 0. The van der Waals surface area contributed by atoms with Gasteiger partial charge >= 0.3 is 0 Å². The van der Waals surface area contributed by atoms with E-state index in [-0.39, 0.29) is 8.41 Å². The monoisotopic (exact) mass is 113 g/mol. The van der Waals surface area contributed by atoms with Gasteiger partial charge in [-0.05, 0) is 13.8 Å². The Morgan fingerprint density at radius 3 is 1.25 bits per heavy atom. The molecule has 0 atom stereocenters. The summed E-state index contributed by atoms with van der Waals surface area (Å²) in [7, 11) is 4.47. The molecule has 2 heteroatoms. The van der Waals surface area contributed by atoms with Crippen LogP contribution in [-0.4, -0.2) is 40.1 Å². The molecule has 0 saturated carbocycles. The number of quaternary nitrogens is 1. The van der Waals surface area contributed by atoms with Crippen molar-refractivity contribution in [2.45, 2.75) is 13.8 Å². The van der Waals surface area contributed by atoms with Crippen LogP contribution < -0.4 is 0 Å². The second kappa shape index (κ2) is 3.96. The molecule has 0 aromatic heterocycles. The maximum absolute atomic E-state index is 2.24. The molecule has 47 valence electrons. The largest absolute Gasteiger partial charge is 0.329 e. The summed E-state index contributed by atoms with van der Waals surface area (Å²) in [6.45, 7) is 6.89.